The van der Waals surface area contributed by atoms with Crippen molar-refractivity contribution < 1.29 is 4.79 Å². The highest BCUT2D eigenvalue weighted by Gasteiger charge is 2.07. The minimum absolute atomic E-state index is 0.154. The second kappa shape index (κ2) is 6.48. The Morgan fingerprint density at radius 2 is 1.95 bits per heavy atom. The van der Waals surface area contributed by atoms with E-state index >= 15 is 0 Å². The highest BCUT2D eigenvalue weighted by Crippen LogP contribution is 2.10. The van der Waals surface area contributed by atoms with Crippen molar-refractivity contribution in [2.24, 2.45) is 0 Å². The van der Waals surface area contributed by atoms with Gasteiger partial charge >= 0.3 is 0 Å². The zero-order valence-electron chi connectivity index (χ0n) is 10.7. The van der Waals surface area contributed by atoms with Crippen molar-refractivity contribution in [2.45, 2.75) is 19.9 Å². The van der Waals surface area contributed by atoms with Crippen molar-refractivity contribution in [2.75, 3.05) is 0 Å². The summed E-state index contributed by atoms with van der Waals surface area (Å²) in [5.41, 5.74) is 2.83. The number of halogens is 1. The van der Waals surface area contributed by atoms with Crippen LogP contribution >= 0.6 is 15.9 Å². The van der Waals surface area contributed by atoms with E-state index in [1.54, 1.807) is 12.3 Å². The van der Waals surface area contributed by atoms with Crippen LogP contribution in [0.4, 0.5) is 0 Å². The van der Waals surface area contributed by atoms with Crippen molar-refractivity contribution in [1.29, 1.82) is 0 Å². The lowest BCUT2D eigenvalue weighted by Gasteiger charge is -2.09. The van der Waals surface area contributed by atoms with Gasteiger partial charge in [-0.15, -0.1) is 0 Å². The van der Waals surface area contributed by atoms with E-state index in [4.69, 9.17) is 0 Å². The van der Waals surface area contributed by atoms with E-state index in [1.807, 2.05) is 24.3 Å². The van der Waals surface area contributed by atoms with E-state index in [0.29, 0.717) is 12.2 Å². The molecule has 0 unspecified atom stereocenters. The van der Waals surface area contributed by atoms with Crippen LogP contribution in [-0.2, 0) is 13.0 Å². The van der Waals surface area contributed by atoms with Crippen LogP contribution in [0.3, 0.4) is 0 Å². The summed E-state index contributed by atoms with van der Waals surface area (Å²) in [5.74, 6) is -0.154. The fourth-order valence-corrected chi connectivity index (χ4v) is 2.09. The van der Waals surface area contributed by atoms with Gasteiger partial charge in [0.25, 0.3) is 5.91 Å². The van der Waals surface area contributed by atoms with Crippen molar-refractivity contribution in [3.63, 3.8) is 0 Å². The summed E-state index contributed by atoms with van der Waals surface area (Å²) in [4.78, 5) is 16.0. The summed E-state index contributed by atoms with van der Waals surface area (Å²) in [7, 11) is 0. The molecule has 0 saturated heterocycles. The summed E-state index contributed by atoms with van der Waals surface area (Å²) in [6.45, 7) is 2.64. The maximum absolute atomic E-state index is 11.9. The van der Waals surface area contributed by atoms with E-state index in [-0.39, 0.29) is 5.91 Å². The van der Waals surface area contributed by atoms with Gasteiger partial charge in [-0.3, -0.25) is 4.79 Å². The first-order chi connectivity index (χ1) is 9.20. The van der Waals surface area contributed by atoms with Crippen LogP contribution in [0.2, 0.25) is 0 Å². The monoisotopic (exact) mass is 318 g/mol. The third-order valence-corrected chi connectivity index (χ3v) is 3.37. The number of aromatic nitrogens is 1. The highest BCUT2D eigenvalue weighted by molar-refractivity contribution is 9.10. The molecule has 0 saturated carbocycles. The summed E-state index contributed by atoms with van der Waals surface area (Å²) < 4.78 is 0.861. The second-order valence-corrected chi connectivity index (χ2v) is 5.08. The Balaban J connectivity index is 2.02. The lowest BCUT2D eigenvalue weighted by molar-refractivity contribution is 0.0946. The van der Waals surface area contributed by atoms with Gasteiger partial charge in [-0.1, -0.05) is 31.2 Å². The average molecular weight is 319 g/mol. The highest BCUT2D eigenvalue weighted by atomic mass is 79.9. The molecular formula is C15H15BrN2O. The van der Waals surface area contributed by atoms with Gasteiger partial charge < -0.3 is 5.32 Å². The third-order valence-electron chi connectivity index (χ3n) is 2.90. The fourth-order valence-electron chi connectivity index (χ4n) is 1.85. The molecule has 0 bridgehead atoms. The molecule has 0 spiro atoms. The molecule has 98 valence electrons. The number of carbonyl (C=O) groups is 1. The first kappa shape index (κ1) is 13.7. The predicted octanol–water partition coefficient (Wildman–Crippen LogP) is 3.34. The number of carbonyl (C=O) groups excluding carboxylic acids is 1. The number of nitrogens with zero attached hydrogens (tertiary/aromatic N) is 1. The van der Waals surface area contributed by atoms with Crippen molar-refractivity contribution >= 4 is 21.8 Å². The Kier molecular flexibility index (Phi) is 4.68. The number of pyridine rings is 1. The molecule has 4 heteroatoms. The maximum Gasteiger partial charge on any atom is 0.270 e. The lowest BCUT2D eigenvalue weighted by atomic mass is 10.1. The molecule has 1 aromatic heterocycles. The van der Waals surface area contributed by atoms with Gasteiger partial charge in [-0.25, -0.2) is 4.98 Å². The second-order valence-electron chi connectivity index (χ2n) is 4.17. The van der Waals surface area contributed by atoms with Crippen LogP contribution in [0.5, 0.6) is 0 Å². The number of benzene rings is 1. The molecule has 0 aliphatic carbocycles. The Hall–Kier alpha value is -1.68. The SMILES string of the molecule is CCc1ccccc1CNC(=O)c1ccc(Br)cn1. The molecular weight excluding hydrogens is 304 g/mol. The van der Waals surface area contributed by atoms with Crippen LogP contribution in [0.25, 0.3) is 0 Å². The number of rotatable bonds is 4. The van der Waals surface area contributed by atoms with Gasteiger partial charge in [0.1, 0.15) is 5.69 Å². The molecule has 2 aromatic rings. The van der Waals surface area contributed by atoms with Gasteiger partial charge in [0.2, 0.25) is 0 Å². The van der Waals surface area contributed by atoms with Crippen LogP contribution in [0, 0.1) is 0 Å². The van der Waals surface area contributed by atoms with Gasteiger partial charge in [-0.2, -0.15) is 0 Å². The van der Waals surface area contributed by atoms with Gasteiger partial charge in [-0.05, 0) is 45.6 Å². The molecule has 0 aliphatic rings. The molecule has 1 aromatic carbocycles. The summed E-state index contributed by atoms with van der Waals surface area (Å²) in [6, 6.07) is 11.6. The Labute approximate surface area is 121 Å². The van der Waals surface area contributed by atoms with Gasteiger partial charge in [0.15, 0.2) is 0 Å². The molecule has 0 fully saturated rings. The van der Waals surface area contributed by atoms with E-state index in [9.17, 15) is 4.79 Å². The van der Waals surface area contributed by atoms with Crippen molar-refractivity contribution in [3.8, 4) is 0 Å². The first-order valence-electron chi connectivity index (χ1n) is 6.17. The minimum Gasteiger partial charge on any atom is -0.347 e. The number of nitrogens with one attached hydrogen (secondary N) is 1. The molecule has 0 aliphatic heterocycles. The Morgan fingerprint density at radius 1 is 1.21 bits per heavy atom. The topological polar surface area (TPSA) is 42.0 Å². The smallest absolute Gasteiger partial charge is 0.270 e. The summed E-state index contributed by atoms with van der Waals surface area (Å²) in [6.07, 6.45) is 2.58. The van der Waals surface area contributed by atoms with Crippen LogP contribution in [0.1, 0.15) is 28.5 Å². The van der Waals surface area contributed by atoms with Crippen molar-refractivity contribution in [3.05, 3.63) is 63.9 Å². The molecule has 19 heavy (non-hydrogen) atoms. The largest absolute Gasteiger partial charge is 0.347 e. The lowest BCUT2D eigenvalue weighted by Crippen LogP contribution is -2.24. The van der Waals surface area contributed by atoms with E-state index in [2.05, 4.69) is 39.2 Å². The average Bonchev–Trinajstić information content (AvgIpc) is 2.45. The number of hydrogen-bond acceptors (Lipinski definition) is 2. The van der Waals surface area contributed by atoms with E-state index < -0.39 is 0 Å². The zero-order valence-corrected chi connectivity index (χ0v) is 12.3. The van der Waals surface area contributed by atoms with Gasteiger partial charge in [0.05, 0.1) is 0 Å². The molecule has 1 N–H and O–H groups in total. The predicted molar refractivity (Wildman–Crippen MR) is 78.9 cm³/mol. The maximum atomic E-state index is 11.9. The fraction of sp³-hybridized carbons (Fsp3) is 0.200. The Bertz CT molecular complexity index is 567. The summed E-state index contributed by atoms with van der Waals surface area (Å²) >= 11 is 3.29. The molecule has 1 amide bonds. The van der Waals surface area contributed by atoms with E-state index in [1.165, 1.54) is 5.56 Å². The van der Waals surface area contributed by atoms with Gasteiger partial charge in [0, 0.05) is 17.2 Å². The molecule has 0 atom stereocenters. The molecule has 1 heterocycles. The molecule has 0 radical (unpaired) electrons. The number of amides is 1. The third kappa shape index (κ3) is 3.64. The Morgan fingerprint density at radius 3 is 2.58 bits per heavy atom. The molecule has 2 rings (SSSR count). The zero-order chi connectivity index (χ0) is 13.7. The number of aryl methyl sites for hydroxylation is 1. The normalized spacial score (nSPS) is 10.2. The number of hydrogen-bond donors (Lipinski definition) is 1. The molecule has 3 nitrogen and oxygen atoms in total. The minimum atomic E-state index is -0.154. The van der Waals surface area contributed by atoms with Crippen LogP contribution < -0.4 is 5.32 Å². The first-order valence-corrected chi connectivity index (χ1v) is 6.96. The van der Waals surface area contributed by atoms with Crippen LogP contribution in [-0.4, -0.2) is 10.9 Å². The quantitative estimate of drug-likeness (QED) is 0.939. The van der Waals surface area contributed by atoms with Crippen LogP contribution in [0.15, 0.2) is 47.1 Å². The van der Waals surface area contributed by atoms with Crippen molar-refractivity contribution in [1.82, 2.24) is 10.3 Å². The van der Waals surface area contributed by atoms with E-state index in [0.717, 1.165) is 16.5 Å². The summed E-state index contributed by atoms with van der Waals surface area (Å²) in [5, 5.41) is 2.89. The standard InChI is InChI=1S/C15H15BrN2O/c1-2-11-5-3-4-6-12(11)9-18-15(19)14-8-7-13(16)10-17-14/h3-8,10H,2,9H2,1H3,(H,18,19).